The minimum absolute atomic E-state index is 0.256. The van der Waals surface area contributed by atoms with E-state index in [1.54, 1.807) is 0 Å². The number of phenols is 1. The molecule has 6 heteroatoms. The highest BCUT2D eigenvalue weighted by Gasteiger charge is 2.36. The van der Waals surface area contributed by atoms with E-state index in [1.165, 1.54) is 0 Å². The molecule has 0 aliphatic carbocycles. The van der Waals surface area contributed by atoms with Crippen molar-refractivity contribution in [1.29, 1.82) is 0 Å². The summed E-state index contributed by atoms with van der Waals surface area (Å²) in [6.07, 6.45) is -4.69. The number of aromatic hydroxyl groups is 1. The van der Waals surface area contributed by atoms with Crippen molar-refractivity contribution in [3.8, 4) is 5.75 Å². The van der Waals surface area contributed by atoms with Gasteiger partial charge in [0.2, 0.25) is 0 Å². The Kier molecular flexibility index (Phi) is 2.61. The van der Waals surface area contributed by atoms with Gasteiger partial charge in [0.1, 0.15) is 5.75 Å². The lowest BCUT2D eigenvalue weighted by Crippen LogP contribution is -2.12. The van der Waals surface area contributed by atoms with Gasteiger partial charge in [0, 0.05) is 0 Å². The molecule has 0 saturated carbocycles. The zero-order valence-corrected chi connectivity index (χ0v) is 7.72. The van der Waals surface area contributed by atoms with Gasteiger partial charge >= 0.3 is 6.18 Å². The maximum Gasteiger partial charge on any atom is 0.417 e. The monoisotopic (exact) mass is 219 g/mol. The SMILES string of the molecule is CC(=O)c1c(C(F)(F)F)ccc(N)c1O. The fraction of sp³-hybridized carbons (Fsp3) is 0.222. The normalized spacial score (nSPS) is 11.5. The number of hydrogen-bond acceptors (Lipinski definition) is 3. The third-order valence-corrected chi connectivity index (χ3v) is 1.87. The molecule has 0 aliphatic heterocycles. The summed E-state index contributed by atoms with van der Waals surface area (Å²) in [5.74, 6) is -1.70. The summed E-state index contributed by atoms with van der Waals surface area (Å²) in [6, 6.07) is 1.58. The van der Waals surface area contributed by atoms with Crippen LogP contribution in [0.15, 0.2) is 12.1 Å². The van der Waals surface area contributed by atoms with Gasteiger partial charge in [0.25, 0.3) is 0 Å². The molecular weight excluding hydrogens is 211 g/mol. The number of nitrogens with two attached hydrogens (primary N) is 1. The lowest BCUT2D eigenvalue weighted by Gasteiger charge is -2.13. The molecule has 0 bridgehead atoms. The van der Waals surface area contributed by atoms with Crippen molar-refractivity contribution in [3.05, 3.63) is 23.3 Å². The van der Waals surface area contributed by atoms with Crippen LogP contribution in [0.3, 0.4) is 0 Å². The largest absolute Gasteiger partial charge is 0.505 e. The standard InChI is InChI=1S/C9H8F3NO2/c1-4(14)7-5(9(10,11)12)2-3-6(13)8(7)15/h2-3,15H,13H2,1H3. The van der Waals surface area contributed by atoms with Crippen LogP contribution in [0.4, 0.5) is 18.9 Å². The van der Waals surface area contributed by atoms with Gasteiger partial charge in [-0.15, -0.1) is 0 Å². The van der Waals surface area contributed by atoms with Crippen LogP contribution in [0.25, 0.3) is 0 Å². The van der Waals surface area contributed by atoms with Crippen LogP contribution < -0.4 is 5.73 Å². The number of anilines is 1. The summed E-state index contributed by atoms with van der Waals surface area (Å²) in [6.45, 7) is 0.934. The number of ketones is 1. The molecule has 0 aromatic heterocycles. The van der Waals surface area contributed by atoms with Crippen LogP contribution in [0.1, 0.15) is 22.8 Å². The Hall–Kier alpha value is -1.72. The number of carbonyl (C=O) groups excluding carboxylic acids is 1. The van der Waals surface area contributed by atoms with Crippen LogP contribution in [-0.2, 0) is 6.18 Å². The Labute approximate surface area is 83.3 Å². The van der Waals surface area contributed by atoms with E-state index >= 15 is 0 Å². The Morgan fingerprint density at radius 2 is 1.93 bits per heavy atom. The second-order valence-corrected chi connectivity index (χ2v) is 2.98. The van der Waals surface area contributed by atoms with Crippen molar-refractivity contribution in [2.75, 3.05) is 5.73 Å². The van der Waals surface area contributed by atoms with Crippen molar-refractivity contribution >= 4 is 11.5 Å². The van der Waals surface area contributed by atoms with E-state index in [4.69, 9.17) is 5.73 Å². The molecule has 0 radical (unpaired) electrons. The van der Waals surface area contributed by atoms with Crippen molar-refractivity contribution in [1.82, 2.24) is 0 Å². The molecule has 1 aromatic rings. The molecular formula is C9H8F3NO2. The highest BCUT2D eigenvalue weighted by molar-refractivity contribution is 6.00. The van der Waals surface area contributed by atoms with Gasteiger partial charge in [-0.2, -0.15) is 13.2 Å². The minimum atomic E-state index is -4.69. The molecule has 0 heterocycles. The van der Waals surface area contributed by atoms with Crippen molar-refractivity contribution in [2.45, 2.75) is 13.1 Å². The summed E-state index contributed by atoms with van der Waals surface area (Å²) in [7, 11) is 0. The molecule has 1 rings (SSSR count). The topological polar surface area (TPSA) is 63.3 Å². The smallest absolute Gasteiger partial charge is 0.417 e. The van der Waals surface area contributed by atoms with Gasteiger partial charge in [0.05, 0.1) is 16.8 Å². The molecule has 3 N–H and O–H groups in total. The third-order valence-electron chi connectivity index (χ3n) is 1.87. The minimum Gasteiger partial charge on any atom is -0.505 e. The summed E-state index contributed by atoms with van der Waals surface area (Å²) in [5.41, 5.74) is 2.98. The molecule has 0 spiro atoms. The third kappa shape index (κ3) is 2.03. The summed E-state index contributed by atoms with van der Waals surface area (Å²) < 4.78 is 37.2. The Morgan fingerprint density at radius 3 is 2.33 bits per heavy atom. The van der Waals surface area contributed by atoms with Crippen LogP contribution in [-0.4, -0.2) is 10.9 Å². The lowest BCUT2D eigenvalue weighted by atomic mass is 10.0. The number of carbonyl (C=O) groups is 1. The summed E-state index contributed by atoms with van der Waals surface area (Å²) >= 11 is 0. The number of alkyl halides is 3. The number of Topliss-reactive ketones (excluding diaryl/α,β-unsaturated/α-hetero) is 1. The van der Waals surface area contributed by atoms with E-state index < -0.39 is 28.8 Å². The fourth-order valence-corrected chi connectivity index (χ4v) is 1.20. The zero-order chi connectivity index (χ0) is 11.8. The van der Waals surface area contributed by atoms with E-state index in [0.29, 0.717) is 6.07 Å². The molecule has 0 fully saturated rings. The van der Waals surface area contributed by atoms with Gasteiger partial charge in [-0.3, -0.25) is 4.79 Å². The van der Waals surface area contributed by atoms with E-state index in [9.17, 15) is 23.1 Å². The maximum atomic E-state index is 12.4. The molecule has 15 heavy (non-hydrogen) atoms. The van der Waals surface area contributed by atoms with Gasteiger partial charge < -0.3 is 10.8 Å². The number of benzene rings is 1. The molecule has 1 aromatic carbocycles. The summed E-state index contributed by atoms with van der Waals surface area (Å²) in [4.78, 5) is 11.0. The van der Waals surface area contributed by atoms with Crippen LogP contribution in [0, 0.1) is 0 Å². The van der Waals surface area contributed by atoms with E-state index in [0.717, 1.165) is 13.0 Å². The van der Waals surface area contributed by atoms with E-state index in [-0.39, 0.29) is 5.69 Å². The van der Waals surface area contributed by atoms with E-state index in [1.807, 2.05) is 0 Å². The first-order valence-electron chi connectivity index (χ1n) is 3.94. The lowest BCUT2D eigenvalue weighted by molar-refractivity contribution is -0.138. The Bertz CT molecular complexity index is 413. The van der Waals surface area contributed by atoms with Crippen LogP contribution in [0.5, 0.6) is 5.75 Å². The zero-order valence-electron chi connectivity index (χ0n) is 7.72. The highest BCUT2D eigenvalue weighted by atomic mass is 19.4. The predicted octanol–water partition coefficient (Wildman–Crippen LogP) is 2.20. The number of rotatable bonds is 1. The molecule has 0 saturated heterocycles. The number of phenolic OH excluding ortho intramolecular Hbond substituents is 1. The first-order chi connectivity index (χ1) is 6.75. The van der Waals surface area contributed by atoms with Gasteiger partial charge in [0.15, 0.2) is 5.78 Å². The number of hydrogen-bond donors (Lipinski definition) is 2. The van der Waals surface area contributed by atoms with Crippen molar-refractivity contribution in [3.63, 3.8) is 0 Å². The summed E-state index contributed by atoms with van der Waals surface area (Å²) in [5, 5.41) is 9.27. The predicted molar refractivity (Wildman–Crippen MR) is 47.5 cm³/mol. The second-order valence-electron chi connectivity index (χ2n) is 2.98. The second kappa shape index (κ2) is 3.45. The molecule has 0 unspecified atom stereocenters. The quantitative estimate of drug-likeness (QED) is 0.432. The van der Waals surface area contributed by atoms with Gasteiger partial charge in [-0.05, 0) is 19.1 Å². The van der Waals surface area contributed by atoms with E-state index in [2.05, 4.69) is 0 Å². The average molecular weight is 219 g/mol. The maximum absolute atomic E-state index is 12.4. The Balaban J connectivity index is 3.55. The molecule has 0 atom stereocenters. The molecule has 0 amide bonds. The molecule has 82 valence electrons. The fourth-order valence-electron chi connectivity index (χ4n) is 1.20. The molecule has 3 nitrogen and oxygen atoms in total. The van der Waals surface area contributed by atoms with Gasteiger partial charge in [-0.25, -0.2) is 0 Å². The van der Waals surface area contributed by atoms with Crippen molar-refractivity contribution < 1.29 is 23.1 Å². The highest BCUT2D eigenvalue weighted by Crippen LogP contribution is 2.38. The van der Waals surface area contributed by atoms with Crippen molar-refractivity contribution in [2.24, 2.45) is 0 Å². The first-order valence-corrected chi connectivity index (χ1v) is 3.94. The first kappa shape index (κ1) is 11.4. The average Bonchev–Trinajstić information content (AvgIpc) is 2.06. The Morgan fingerprint density at radius 1 is 1.40 bits per heavy atom. The number of nitrogen functional groups attached to an aromatic ring is 1. The number of halogens is 3. The molecule has 0 aliphatic rings. The van der Waals surface area contributed by atoms with Gasteiger partial charge in [-0.1, -0.05) is 0 Å². The van der Waals surface area contributed by atoms with Crippen LogP contribution >= 0.6 is 0 Å². The van der Waals surface area contributed by atoms with Crippen LogP contribution in [0.2, 0.25) is 0 Å².